The maximum absolute atomic E-state index is 2.43. The predicted octanol–water partition coefficient (Wildman–Crippen LogP) is 11.1. The zero-order valence-electron chi connectivity index (χ0n) is 39.3. The molecule has 0 fully saturated rings. The van der Waals surface area contributed by atoms with E-state index < -0.39 is 0 Å². The van der Waals surface area contributed by atoms with Gasteiger partial charge in [0.2, 0.25) is 5.69 Å². The fraction of sp³-hybridized carbons (Fsp3) is 0.364. The summed E-state index contributed by atoms with van der Waals surface area (Å²) in [5.41, 5.74) is 15.7. The number of nitrogens with two attached hydrogens (primary N) is 2. The summed E-state index contributed by atoms with van der Waals surface area (Å²) in [6, 6.07) is 42.6. The number of para-hydroxylation sites is 3. The van der Waals surface area contributed by atoms with Crippen LogP contribution < -0.4 is 20.4 Å². The molecular formula is C55H72N5S2+3. The van der Waals surface area contributed by atoms with Crippen molar-refractivity contribution in [3.05, 3.63) is 161 Å². The van der Waals surface area contributed by atoms with Crippen LogP contribution in [0.15, 0.2) is 127 Å². The van der Waals surface area contributed by atoms with E-state index in [1.807, 2.05) is 21.6 Å². The van der Waals surface area contributed by atoms with Crippen molar-refractivity contribution in [2.45, 2.75) is 70.6 Å². The fourth-order valence-electron chi connectivity index (χ4n) is 9.07. The van der Waals surface area contributed by atoms with Gasteiger partial charge in [0.1, 0.15) is 18.4 Å². The molecule has 6 rings (SSSR count). The molecule has 1 aliphatic rings. The number of nitrogens with zero attached hydrogens (tertiary/aromatic N) is 3. The third-order valence-electron chi connectivity index (χ3n) is 13.5. The van der Waals surface area contributed by atoms with E-state index in [2.05, 4.69) is 241 Å². The van der Waals surface area contributed by atoms with Crippen molar-refractivity contribution in [1.82, 2.24) is 0 Å². The van der Waals surface area contributed by atoms with Gasteiger partial charge in [-0.25, -0.2) is 0 Å². The summed E-state index contributed by atoms with van der Waals surface area (Å²) in [6.45, 7) is 16.1. The maximum Gasteiger partial charge on any atom is 0.209 e. The van der Waals surface area contributed by atoms with Crippen molar-refractivity contribution in [1.29, 1.82) is 0 Å². The monoisotopic (exact) mass is 867 g/mol. The molecule has 1 unspecified atom stereocenters. The highest BCUT2D eigenvalue weighted by Crippen LogP contribution is 2.44. The minimum Gasteiger partial charge on any atom is -0.374 e. The first-order valence-electron chi connectivity index (χ1n) is 22.5. The van der Waals surface area contributed by atoms with Gasteiger partial charge in [0.15, 0.2) is 5.71 Å². The Morgan fingerprint density at radius 3 is 1.77 bits per heavy atom. The van der Waals surface area contributed by atoms with Crippen LogP contribution in [0, 0.1) is 0 Å². The number of rotatable bonds is 20. The van der Waals surface area contributed by atoms with E-state index in [0.29, 0.717) is 0 Å². The molecule has 326 valence electrons. The Kier molecular flexibility index (Phi) is 15.7. The Bertz CT molecular complexity index is 2360. The van der Waals surface area contributed by atoms with Gasteiger partial charge in [-0.2, -0.15) is 4.58 Å². The minimum absolute atomic E-state index is 0.0128. The van der Waals surface area contributed by atoms with Crippen LogP contribution >= 0.6 is 21.6 Å². The zero-order valence-corrected chi connectivity index (χ0v) is 41.0. The SMILES string of the molecule is CCC(C)(C)c1cccc(C(C)(C/C=C/c2ccc(N(C)CCSSCCN(C)c3ccc(/C=C/C4=[N+](C)c5ccccc5C4(C)C)cc3)cc2)c2ccccc2[NH2+]C)c1[NH2+]C. The second-order valence-corrected chi connectivity index (χ2v) is 20.9. The Morgan fingerprint density at radius 2 is 1.19 bits per heavy atom. The smallest absolute Gasteiger partial charge is 0.209 e. The number of fused-ring (bicyclic) bond motifs is 1. The standard InChI is InChI=1S/C55H70N5S2/c1-12-53(2,3)47-22-17-23-48(52(47)57-8)55(6,45-20-13-15-24-49(45)56-7)36-18-19-41-26-31-43(32-27-41)58(9)37-39-61-62-40-38-59(10)44-33-28-42(29-34-44)30-35-51-54(4,5)46-21-14-16-25-50(46)60(51)11/h13-35,56-57H,12,36-40H2,1-11H3/q+1/p+2/b19-18+. The van der Waals surface area contributed by atoms with Crippen molar-refractivity contribution in [2.75, 3.05) is 69.6 Å². The molecule has 62 heavy (non-hydrogen) atoms. The quantitative estimate of drug-likeness (QED) is 0.0354. The van der Waals surface area contributed by atoms with Crippen molar-refractivity contribution in [3.63, 3.8) is 0 Å². The van der Waals surface area contributed by atoms with E-state index in [1.165, 1.54) is 67.5 Å². The van der Waals surface area contributed by atoms with Crippen LogP contribution in [0.4, 0.5) is 28.4 Å². The molecule has 1 atom stereocenters. The fourth-order valence-corrected chi connectivity index (χ4v) is 11.2. The average Bonchev–Trinajstić information content (AvgIpc) is 3.49. The van der Waals surface area contributed by atoms with Gasteiger partial charge in [-0.15, -0.1) is 0 Å². The molecule has 5 aromatic carbocycles. The first kappa shape index (κ1) is 47.0. The average molecular weight is 867 g/mol. The molecule has 0 spiro atoms. The van der Waals surface area contributed by atoms with Gasteiger partial charge >= 0.3 is 0 Å². The molecule has 0 radical (unpaired) electrons. The largest absolute Gasteiger partial charge is 0.374 e. The summed E-state index contributed by atoms with van der Waals surface area (Å²) in [4.78, 5) is 4.73. The normalized spacial score (nSPS) is 14.8. The van der Waals surface area contributed by atoms with Gasteiger partial charge in [-0.1, -0.05) is 140 Å². The third-order valence-corrected chi connectivity index (χ3v) is 15.8. The Labute approximate surface area is 382 Å². The molecule has 0 bridgehead atoms. The van der Waals surface area contributed by atoms with Gasteiger partial charge in [0.05, 0.1) is 19.5 Å². The lowest BCUT2D eigenvalue weighted by molar-refractivity contribution is -0.541. The van der Waals surface area contributed by atoms with E-state index in [1.54, 1.807) is 0 Å². The highest BCUT2D eigenvalue weighted by Gasteiger charge is 2.42. The van der Waals surface area contributed by atoms with E-state index >= 15 is 0 Å². The molecule has 1 heterocycles. The highest BCUT2D eigenvalue weighted by atomic mass is 33.1. The Hall–Kier alpha value is -4.53. The van der Waals surface area contributed by atoms with Gasteiger partial charge in [0.25, 0.3) is 0 Å². The molecule has 0 amide bonds. The van der Waals surface area contributed by atoms with Crippen LogP contribution in [0.2, 0.25) is 0 Å². The second-order valence-electron chi connectivity index (χ2n) is 18.2. The summed E-state index contributed by atoms with van der Waals surface area (Å²) >= 11 is 0. The molecule has 0 saturated carbocycles. The van der Waals surface area contributed by atoms with Crippen molar-refractivity contribution in [3.8, 4) is 0 Å². The molecule has 0 saturated heterocycles. The topological polar surface area (TPSA) is 42.7 Å². The molecule has 7 heteroatoms. The van der Waals surface area contributed by atoms with Crippen LogP contribution in [0.5, 0.6) is 0 Å². The molecule has 1 aliphatic heterocycles. The lowest BCUT2D eigenvalue weighted by Crippen LogP contribution is -2.75. The summed E-state index contributed by atoms with van der Waals surface area (Å²) in [7, 11) is 14.9. The number of hydrogen-bond acceptors (Lipinski definition) is 4. The molecular weight excluding hydrogens is 795 g/mol. The summed E-state index contributed by atoms with van der Waals surface area (Å²) in [5, 5.41) is 4.59. The molecule has 5 nitrogen and oxygen atoms in total. The molecule has 0 aliphatic carbocycles. The highest BCUT2D eigenvalue weighted by molar-refractivity contribution is 8.76. The van der Waals surface area contributed by atoms with Crippen LogP contribution in [0.3, 0.4) is 0 Å². The third kappa shape index (κ3) is 10.5. The van der Waals surface area contributed by atoms with Gasteiger partial charge in [0, 0.05) is 89.9 Å². The van der Waals surface area contributed by atoms with E-state index in [-0.39, 0.29) is 16.2 Å². The summed E-state index contributed by atoms with van der Waals surface area (Å²) in [5.74, 6) is 2.15. The first-order valence-corrected chi connectivity index (χ1v) is 25.0. The Morgan fingerprint density at radius 1 is 0.645 bits per heavy atom. The maximum atomic E-state index is 2.43. The number of anilines is 2. The lowest BCUT2D eigenvalue weighted by atomic mass is 9.69. The van der Waals surface area contributed by atoms with Crippen molar-refractivity contribution >= 4 is 67.9 Å². The molecule has 4 N–H and O–H groups in total. The van der Waals surface area contributed by atoms with E-state index in [4.69, 9.17) is 0 Å². The summed E-state index contributed by atoms with van der Waals surface area (Å²) in [6.07, 6.45) is 11.2. The predicted molar refractivity (Wildman–Crippen MR) is 275 cm³/mol. The Balaban J connectivity index is 0.982. The van der Waals surface area contributed by atoms with Crippen LogP contribution in [-0.2, 0) is 16.2 Å². The van der Waals surface area contributed by atoms with Crippen LogP contribution in [0.1, 0.15) is 87.8 Å². The number of benzene rings is 5. The zero-order chi connectivity index (χ0) is 44.5. The summed E-state index contributed by atoms with van der Waals surface area (Å²) < 4.78 is 2.33. The second kappa shape index (κ2) is 20.8. The van der Waals surface area contributed by atoms with E-state index in [9.17, 15) is 0 Å². The first-order chi connectivity index (χ1) is 29.7. The van der Waals surface area contributed by atoms with Gasteiger partial charge in [-0.05, 0) is 79.6 Å². The number of allylic oxidation sites excluding steroid dienone is 2. The van der Waals surface area contributed by atoms with Gasteiger partial charge < -0.3 is 20.4 Å². The van der Waals surface area contributed by atoms with Crippen molar-refractivity contribution in [2.24, 2.45) is 0 Å². The number of quaternary nitrogens is 2. The lowest BCUT2D eigenvalue weighted by Gasteiger charge is -2.34. The molecule has 5 aromatic rings. The van der Waals surface area contributed by atoms with Gasteiger partial charge in [-0.3, -0.25) is 0 Å². The molecule has 0 aromatic heterocycles. The van der Waals surface area contributed by atoms with Crippen LogP contribution in [-0.4, -0.2) is 70.1 Å². The van der Waals surface area contributed by atoms with E-state index in [0.717, 1.165) is 37.4 Å². The van der Waals surface area contributed by atoms with Crippen molar-refractivity contribution < 1.29 is 15.2 Å². The minimum atomic E-state index is -0.200. The van der Waals surface area contributed by atoms with Crippen LogP contribution in [0.25, 0.3) is 12.2 Å². The number of hydrogen-bond donors (Lipinski definition) is 2.